The maximum atomic E-state index is 12.9. The molecule has 4 heteroatoms. The van der Waals surface area contributed by atoms with Crippen molar-refractivity contribution >= 4 is 5.91 Å². The van der Waals surface area contributed by atoms with Crippen molar-refractivity contribution in [2.45, 2.75) is 58.5 Å². The molecule has 1 heterocycles. The normalized spacial score (nSPS) is 13.3. The maximum absolute atomic E-state index is 12.9. The van der Waals surface area contributed by atoms with Gasteiger partial charge < -0.3 is 9.88 Å². The number of amides is 1. The first kappa shape index (κ1) is 17.5. The quantitative estimate of drug-likeness (QED) is 0.877. The predicted octanol–water partition coefficient (Wildman–Crippen LogP) is 3.46. The fourth-order valence-electron chi connectivity index (χ4n) is 3.47. The number of aromatic nitrogens is 1. The first-order valence-electron chi connectivity index (χ1n) is 9.28. The van der Waals surface area contributed by atoms with Crippen molar-refractivity contribution in [3.05, 3.63) is 69.1 Å². The van der Waals surface area contributed by atoms with Crippen LogP contribution < -0.4 is 10.9 Å². The Hall–Kier alpha value is -2.36. The second-order valence-electron chi connectivity index (χ2n) is 6.74. The number of fused-ring (bicyclic) bond motifs is 1. The molecule has 2 aromatic rings. The van der Waals surface area contributed by atoms with E-state index in [1.807, 2.05) is 36.5 Å². The van der Waals surface area contributed by atoms with E-state index in [1.165, 1.54) is 5.56 Å². The molecule has 1 aliphatic rings. The molecule has 0 fully saturated rings. The molecule has 132 valence electrons. The van der Waals surface area contributed by atoms with Gasteiger partial charge in [-0.3, -0.25) is 9.59 Å². The second-order valence-corrected chi connectivity index (χ2v) is 6.74. The van der Waals surface area contributed by atoms with E-state index in [1.54, 1.807) is 4.57 Å². The van der Waals surface area contributed by atoms with Crippen LogP contribution in [0.15, 0.2) is 41.3 Å². The number of carbonyl (C=O) groups excluding carboxylic acids is 1. The SMILES string of the molecule is CCCCn1cc2c(c(C(=O)NCc3ccccc3)c1=O)CCCC2. The molecule has 3 rings (SSSR count). The fourth-order valence-corrected chi connectivity index (χ4v) is 3.47. The summed E-state index contributed by atoms with van der Waals surface area (Å²) < 4.78 is 1.74. The van der Waals surface area contributed by atoms with E-state index in [4.69, 9.17) is 0 Å². The Labute approximate surface area is 148 Å². The predicted molar refractivity (Wildman–Crippen MR) is 99.9 cm³/mol. The lowest BCUT2D eigenvalue weighted by atomic mass is 9.89. The molecule has 4 nitrogen and oxygen atoms in total. The molecule has 1 N–H and O–H groups in total. The van der Waals surface area contributed by atoms with Gasteiger partial charge in [0.25, 0.3) is 11.5 Å². The van der Waals surface area contributed by atoms with Gasteiger partial charge in [0.2, 0.25) is 0 Å². The molecule has 1 aliphatic carbocycles. The summed E-state index contributed by atoms with van der Waals surface area (Å²) in [6, 6.07) is 9.79. The highest BCUT2D eigenvalue weighted by atomic mass is 16.2. The van der Waals surface area contributed by atoms with Gasteiger partial charge in [0.1, 0.15) is 5.56 Å². The lowest BCUT2D eigenvalue weighted by molar-refractivity contribution is 0.0947. The van der Waals surface area contributed by atoms with Crippen LogP contribution in [0.25, 0.3) is 0 Å². The van der Waals surface area contributed by atoms with E-state index in [9.17, 15) is 9.59 Å². The number of rotatable bonds is 6. The molecule has 25 heavy (non-hydrogen) atoms. The Kier molecular flexibility index (Phi) is 5.69. The first-order chi connectivity index (χ1) is 12.2. The van der Waals surface area contributed by atoms with Crippen molar-refractivity contribution in [3.8, 4) is 0 Å². The van der Waals surface area contributed by atoms with E-state index in [0.717, 1.165) is 49.7 Å². The second kappa shape index (κ2) is 8.15. The van der Waals surface area contributed by atoms with Gasteiger partial charge in [-0.05, 0) is 48.8 Å². The molecule has 0 saturated heterocycles. The zero-order valence-corrected chi connectivity index (χ0v) is 14.9. The third-order valence-corrected chi connectivity index (χ3v) is 4.87. The molecule has 1 aromatic carbocycles. The standard InChI is InChI=1S/C21H26N2O2/c1-2-3-13-23-15-17-11-7-8-12-18(17)19(21(23)25)20(24)22-14-16-9-5-4-6-10-16/h4-6,9-10,15H,2-3,7-8,11-14H2,1H3,(H,22,24). The van der Waals surface area contributed by atoms with Gasteiger partial charge in [-0.2, -0.15) is 0 Å². The topological polar surface area (TPSA) is 51.1 Å². The van der Waals surface area contributed by atoms with Crippen LogP contribution in [0.1, 0.15) is 59.7 Å². The number of pyridine rings is 1. The van der Waals surface area contributed by atoms with Gasteiger partial charge in [0, 0.05) is 19.3 Å². The van der Waals surface area contributed by atoms with E-state index >= 15 is 0 Å². The molecule has 0 radical (unpaired) electrons. The molecular formula is C21H26N2O2. The van der Waals surface area contributed by atoms with E-state index in [-0.39, 0.29) is 11.5 Å². The third kappa shape index (κ3) is 4.01. The average molecular weight is 338 g/mol. The summed E-state index contributed by atoms with van der Waals surface area (Å²) in [6.07, 6.45) is 7.92. The first-order valence-corrected chi connectivity index (χ1v) is 9.28. The minimum Gasteiger partial charge on any atom is -0.348 e. The summed E-state index contributed by atoms with van der Waals surface area (Å²) in [5, 5.41) is 2.94. The molecule has 0 atom stereocenters. The van der Waals surface area contributed by atoms with Gasteiger partial charge in [-0.15, -0.1) is 0 Å². The number of nitrogens with zero attached hydrogens (tertiary/aromatic N) is 1. The number of carbonyl (C=O) groups is 1. The monoisotopic (exact) mass is 338 g/mol. The minimum absolute atomic E-state index is 0.139. The number of unbranched alkanes of at least 4 members (excludes halogenated alkanes) is 1. The zero-order valence-electron chi connectivity index (χ0n) is 14.9. The Bertz CT molecular complexity index is 794. The van der Waals surface area contributed by atoms with Crippen molar-refractivity contribution in [1.82, 2.24) is 9.88 Å². The van der Waals surface area contributed by atoms with Gasteiger partial charge in [-0.25, -0.2) is 0 Å². The summed E-state index contributed by atoms with van der Waals surface area (Å²) in [5.74, 6) is -0.238. The maximum Gasteiger partial charge on any atom is 0.263 e. The molecular weight excluding hydrogens is 312 g/mol. The van der Waals surface area contributed by atoms with Crippen LogP contribution in [-0.4, -0.2) is 10.5 Å². The fraction of sp³-hybridized carbons (Fsp3) is 0.429. The van der Waals surface area contributed by atoms with Crippen molar-refractivity contribution in [3.63, 3.8) is 0 Å². The highest BCUT2D eigenvalue weighted by Crippen LogP contribution is 2.22. The molecule has 0 saturated carbocycles. The number of benzene rings is 1. The van der Waals surface area contributed by atoms with E-state index < -0.39 is 0 Å². The molecule has 0 spiro atoms. The Balaban J connectivity index is 1.90. The largest absolute Gasteiger partial charge is 0.348 e. The summed E-state index contributed by atoms with van der Waals surface area (Å²) in [6.45, 7) is 3.23. The van der Waals surface area contributed by atoms with Crippen LogP contribution in [0.4, 0.5) is 0 Å². The minimum atomic E-state index is -0.238. The van der Waals surface area contributed by atoms with E-state index in [2.05, 4.69) is 12.2 Å². The summed E-state index contributed by atoms with van der Waals surface area (Å²) in [4.78, 5) is 25.7. The van der Waals surface area contributed by atoms with Crippen LogP contribution in [0.3, 0.4) is 0 Å². The summed E-state index contributed by atoms with van der Waals surface area (Å²) in [5.41, 5.74) is 3.40. The summed E-state index contributed by atoms with van der Waals surface area (Å²) >= 11 is 0. The molecule has 1 aromatic heterocycles. The number of hydrogen-bond donors (Lipinski definition) is 1. The van der Waals surface area contributed by atoms with E-state index in [0.29, 0.717) is 18.7 Å². The van der Waals surface area contributed by atoms with Crippen LogP contribution in [0, 0.1) is 0 Å². The van der Waals surface area contributed by atoms with Gasteiger partial charge >= 0.3 is 0 Å². The highest BCUT2D eigenvalue weighted by Gasteiger charge is 2.23. The van der Waals surface area contributed by atoms with Crippen molar-refractivity contribution in [1.29, 1.82) is 0 Å². The Morgan fingerprint density at radius 1 is 1.16 bits per heavy atom. The van der Waals surface area contributed by atoms with Crippen LogP contribution in [0.2, 0.25) is 0 Å². The zero-order chi connectivity index (χ0) is 17.6. The molecule has 0 bridgehead atoms. The van der Waals surface area contributed by atoms with Crippen LogP contribution in [0.5, 0.6) is 0 Å². The van der Waals surface area contributed by atoms with Crippen molar-refractivity contribution in [2.24, 2.45) is 0 Å². The van der Waals surface area contributed by atoms with Gasteiger partial charge in [-0.1, -0.05) is 43.7 Å². The number of hydrogen-bond acceptors (Lipinski definition) is 2. The van der Waals surface area contributed by atoms with Gasteiger partial charge in [0.15, 0.2) is 0 Å². The Morgan fingerprint density at radius 2 is 1.92 bits per heavy atom. The lowest BCUT2D eigenvalue weighted by Crippen LogP contribution is -2.36. The smallest absolute Gasteiger partial charge is 0.263 e. The lowest BCUT2D eigenvalue weighted by Gasteiger charge is -2.21. The highest BCUT2D eigenvalue weighted by molar-refractivity contribution is 5.95. The van der Waals surface area contributed by atoms with Crippen LogP contribution >= 0.6 is 0 Å². The molecule has 0 unspecified atom stereocenters. The summed E-state index contributed by atoms with van der Waals surface area (Å²) in [7, 11) is 0. The molecule has 0 aliphatic heterocycles. The number of aryl methyl sites for hydroxylation is 2. The molecule has 1 amide bonds. The van der Waals surface area contributed by atoms with Crippen molar-refractivity contribution < 1.29 is 4.79 Å². The van der Waals surface area contributed by atoms with Crippen LogP contribution in [-0.2, 0) is 25.9 Å². The third-order valence-electron chi connectivity index (χ3n) is 4.87. The Morgan fingerprint density at radius 3 is 2.68 bits per heavy atom. The number of nitrogens with one attached hydrogen (secondary N) is 1. The van der Waals surface area contributed by atoms with Crippen molar-refractivity contribution in [2.75, 3.05) is 0 Å². The van der Waals surface area contributed by atoms with Gasteiger partial charge in [0.05, 0.1) is 0 Å². The average Bonchev–Trinajstić information content (AvgIpc) is 2.65.